The zero-order valence-corrected chi connectivity index (χ0v) is 13.4. The van der Waals surface area contributed by atoms with Crippen molar-refractivity contribution >= 4 is 17.8 Å². The summed E-state index contributed by atoms with van der Waals surface area (Å²) in [7, 11) is 1.81. The summed E-state index contributed by atoms with van der Waals surface area (Å²) in [5.41, 5.74) is 0. The molecule has 2 heterocycles. The minimum Gasteiger partial charge on any atom is -0.393 e. The van der Waals surface area contributed by atoms with Gasteiger partial charge in [0, 0.05) is 33.2 Å². The molecule has 1 aliphatic rings. The van der Waals surface area contributed by atoms with Crippen molar-refractivity contribution in [1.82, 2.24) is 15.0 Å². The predicted molar refractivity (Wildman–Crippen MR) is 84.9 cm³/mol. The zero-order chi connectivity index (χ0) is 15.4. The molecule has 1 aromatic rings. The Hall–Kier alpha value is -1.63. The normalized spacial score (nSPS) is 22.2. The van der Waals surface area contributed by atoms with Crippen molar-refractivity contribution in [2.45, 2.75) is 33.3 Å². The van der Waals surface area contributed by atoms with Crippen LogP contribution in [-0.4, -0.2) is 59.4 Å². The summed E-state index contributed by atoms with van der Waals surface area (Å²) in [5.74, 6) is 2.20. The number of nitrogens with one attached hydrogen (secondary N) is 1. The van der Waals surface area contributed by atoms with Crippen LogP contribution in [-0.2, 0) is 0 Å². The highest BCUT2D eigenvalue weighted by Gasteiger charge is 2.26. The molecule has 0 spiro atoms. The van der Waals surface area contributed by atoms with Gasteiger partial charge in [0.05, 0.1) is 6.10 Å². The standard InChI is InChI=1S/C14H26N6O/c1-5-19(6-2)13-16-12(15-4)17-14(18-13)20-8-7-11(21)10(3)9-20/h10-11,21H,5-9H2,1-4H3,(H,15,16,17,18). The largest absolute Gasteiger partial charge is 0.393 e. The summed E-state index contributed by atoms with van der Waals surface area (Å²) in [6.45, 7) is 9.50. The van der Waals surface area contributed by atoms with Gasteiger partial charge in [-0.2, -0.15) is 15.0 Å². The second-order valence-electron chi connectivity index (χ2n) is 5.46. The molecule has 2 atom stereocenters. The van der Waals surface area contributed by atoms with Gasteiger partial charge < -0.3 is 20.2 Å². The van der Waals surface area contributed by atoms with Crippen LogP contribution < -0.4 is 15.1 Å². The first-order chi connectivity index (χ1) is 10.1. The summed E-state index contributed by atoms with van der Waals surface area (Å²) in [6, 6.07) is 0. The third-order valence-electron chi connectivity index (χ3n) is 4.02. The molecule has 1 saturated heterocycles. The van der Waals surface area contributed by atoms with Gasteiger partial charge in [-0.1, -0.05) is 6.92 Å². The van der Waals surface area contributed by atoms with Gasteiger partial charge >= 0.3 is 0 Å². The van der Waals surface area contributed by atoms with E-state index in [4.69, 9.17) is 0 Å². The molecular weight excluding hydrogens is 268 g/mol. The number of aliphatic hydroxyl groups excluding tert-OH is 1. The lowest BCUT2D eigenvalue weighted by Crippen LogP contribution is -2.43. The lowest BCUT2D eigenvalue weighted by Gasteiger charge is -2.34. The van der Waals surface area contributed by atoms with Gasteiger partial charge in [-0.25, -0.2) is 0 Å². The quantitative estimate of drug-likeness (QED) is 0.837. The highest BCUT2D eigenvalue weighted by Crippen LogP contribution is 2.23. The number of hydrogen-bond donors (Lipinski definition) is 2. The molecule has 2 rings (SSSR count). The summed E-state index contributed by atoms with van der Waals surface area (Å²) >= 11 is 0. The van der Waals surface area contributed by atoms with E-state index in [1.165, 1.54) is 0 Å². The fraction of sp³-hybridized carbons (Fsp3) is 0.786. The maximum Gasteiger partial charge on any atom is 0.231 e. The van der Waals surface area contributed by atoms with Gasteiger partial charge in [0.2, 0.25) is 17.8 Å². The third kappa shape index (κ3) is 3.53. The highest BCUT2D eigenvalue weighted by molar-refractivity contribution is 5.45. The van der Waals surface area contributed by atoms with Crippen molar-refractivity contribution in [2.24, 2.45) is 5.92 Å². The smallest absolute Gasteiger partial charge is 0.231 e. The van der Waals surface area contributed by atoms with Crippen LogP contribution in [0.5, 0.6) is 0 Å². The van der Waals surface area contributed by atoms with E-state index in [0.717, 1.165) is 32.6 Å². The van der Waals surface area contributed by atoms with Crippen molar-refractivity contribution in [3.8, 4) is 0 Å². The molecule has 0 amide bonds. The van der Waals surface area contributed by atoms with E-state index in [1.54, 1.807) is 0 Å². The Labute approximate surface area is 126 Å². The lowest BCUT2D eigenvalue weighted by molar-refractivity contribution is 0.0966. The Morgan fingerprint density at radius 1 is 1.29 bits per heavy atom. The average Bonchev–Trinajstić information content (AvgIpc) is 2.51. The van der Waals surface area contributed by atoms with Crippen molar-refractivity contribution in [2.75, 3.05) is 48.3 Å². The molecule has 0 radical (unpaired) electrons. The molecule has 1 aromatic heterocycles. The van der Waals surface area contributed by atoms with E-state index in [-0.39, 0.29) is 12.0 Å². The fourth-order valence-corrected chi connectivity index (χ4v) is 2.57. The fourth-order valence-electron chi connectivity index (χ4n) is 2.57. The first kappa shape index (κ1) is 15.8. The molecule has 0 aromatic carbocycles. The molecular formula is C14H26N6O. The van der Waals surface area contributed by atoms with Gasteiger partial charge in [-0.3, -0.25) is 0 Å². The topological polar surface area (TPSA) is 77.4 Å². The van der Waals surface area contributed by atoms with Crippen LogP contribution in [0, 0.1) is 5.92 Å². The number of rotatable bonds is 5. The van der Waals surface area contributed by atoms with Crippen LogP contribution >= 0.6 is 0 Å². The second kappa shape index (κ2) is 6.89. The molecule has 2 N–H and O–H groups in total. The van der Waals surface area contributed by atoms with Crippen LogP contribution in [0.15, 0.2) is 0 Å². The molecule has 2 unspecified atom stereocenters. The third-order valence-corrected chi connectivity index (χ3v) is 4.02. The molecule has 21 heavy (non-hydrogen) atoms. The summed E-state index contributed by atoms with van der Waals surface area (Å²) in [4.78, 5) is 17.8. The molecule has 7 nitrogen and oxygen atoms in total. The van der Waals surface area contributed by atoms with Crippen LogP contribution in [0.1, 0.15) is 27.2 Å². The summed E-state index contributed by atoms with van der Waals surface area (Å²) < 4.78 is 0. The number of nitrogens with zero attached hydrogens (tertiary/aromatic N) is 5. The van der Waals surface area contributed by atoms with E-state index in [1.807, 2.05) is 7.05 Å². The predicted octanol–water partition coefficient (Wildman–Crippen LogP) is 0.967. The molecule has 0 aliphatic carbocycles. The Balaban J connectivity index is 2.28. The maximum absolute atomic E-state index is 9.86. The Bertz CT molecular complexity index is 465. The van der Waals surface area contributed by atoms with E-state index in [0.29, 0.717) is 17.8 Å². The van der Waals surface area contributed by atoms with Gasteiger partial charge in [0.25, 0.3) is 0 Å². The van der Waals surface area contributed by atoms with E-state index >= 15 is 0 Å². The minimum absolute atomic E-state index is 0.227. The van der Waals surface area contributed by atoms with Gasteiger partial charge in [0.15, 0.2) is 0 Å². The molecule has 1 fully saturated rings. The number of anilines is 3. The monoisotopic (exact) mass is 294 g/mol. The Morgan fingerprint density at radius 3 is 2.57 bits per heavy atom. The van der Waals surface area contributed by atoms with Gasteiger partial charge in [0.1, 0.15) is 0 Å². The average molecular weight is 294 g/mol. The summed E-state index contributed by atoms with van der Waals surface area (Å²) in [5, 5.41) is 12.9. The van der Waals surface area contributed by atoms with Gasteiger partial charge in [-0.05, 0) is 26.2 Å². The number of aromatic nitrogens is 3. The molecule has 7 heteroatoms. The van der Waals surface area contributed by atoms with Crippen LogP contribution in [0.2, 0.25) is 0 Å². The zero-order valence-electron chi connectivity index (χ0n) is 13.4. The van der Waals surface area contributed by atoms with Crippen molar-refractivity contribution < 1.29 is 5.11 Å². The SMILES string of the molecule is CCN(CC)c1nc(NC)nc(N2CCC(O)C(C)C2)n1. The highest BCUT2D eigenvalue weighted by atomic mass is 16.3. The number of hydrogen-bond acceptors (Lipinski definition) is 7. The Morgan fingerprint density at radius 2 is 2.00 bits per heavy atom. The number of piperidine rings is 1. The van der Waals surface area contributed by atoms with E-state index in [2.05, 4.69) is 50.8 Å². The summed E-state index contributed by atoms with van der Waals surface area (Å²) in [6.07, 6.45) is 0.525. The lowest BCUT2D eigenvalue weighted by atomic mass is 9.97. The Kier molecular flexibility index (Phi) is 5.17. The molecule has 118 valence electrons. The first-order valence-corrected chi connectivity index (χ1v) is 7.70. The minimum atomic E-state index is -0.228. The van der Waals surface area contributed by atoms with E-state index < -0.39 is 0 Å². The van der Waals surface area contributed by atoms with Crippen molar-refractivity contribution in [3.05, 3.63) is 0 Å². The second-order valence-corrected chi connectivity index (χ2v) is 5.46. The van der Waals surface area contributed by atoms with Crippen LogP contribution in [0.4, 0.5) is 17.8 Å². The molecule has 1 aliphatic heterocycles. The van der Waals surface area contributed by atoms with Gasteiger partial charge in [-0.15, -0.1) is 0 Å². The van der Waals surface area contributed by atoms with Crippen LogP contribution in [0.25, 0.3) is 0 Å². The van der Waals surface area contributed by atoms with Crippen LogP contribution in [0.3, 0.4) is 0 Å². The molecule has 0 saturated carbocycles. The number of aliphatic hydroxyl groups is 1. The first-order valence-electron chi connectivity index (χ1n) is 7.70. The van der Waals surface area contributed by atoms with E-state index in [9.17, 15) is 5.11 Å². The van der Waals surface area contributed by atoms with Crippen molar-refractivity contribution in [3.63, 3.8) is 0 Å². The molecule has 0 bridgehead atoms. The maximum atomic E-state index is 9.86. The van der Waals surface area contributed by atoms with Crippen molar-refractivity contribution in [1.29, 1.82) is 0 Å².